The monoisotopic (exact) mass is 329 g/mol. The number of hydrogen-bond donors (Lipinski definition) is 2. The van der Waals surface area contributed by atoms with Gasteiger partial charge in [0.05, 0.1) is 19.3 Å². The molecule has 2 aromatic carbocycles. The van der Waals surface area contributed by atoms with Gasteiger partial charge in [-0.25, -0.2) is 4.79 Å². The van der Waals surface area contributed by atoms with Crippen LogP contribution in [0.4, 0.5) is 0 Å². The average Bonchev–Trinajstić information content (AvgIpc) is 2.61. The summed E-state index contributed by atoms with van der Waals surface area (Å²) in [5.41, 5.74) is 2.40. The molecule has 0 heterocycles. The van der Waals surface area contributed by atoms with E-state index in [-0.39, 0.29) is 0 Å². The van der Waals surface area contributed by atoms with Crippen molar-refractivity contribution in [3.8, 4) is 5.75 Å². The van der Waals surface area contributed by atoms with Crippen LogP contribution in [0.3, 0.4) is 0 Å². The fraction of sp³-hybridized carbons (Fsp3) is 0.316. The maximum Gasteiger partial charge on any atom is 0.335 e. The number of hydrogen-bond acceptors (Lipinski definition) is 4. The van der Waals surface area contributed by atoms with Crippen LogP contribution in [-0.2, 0) is 17.9 Å². The van der Waals surface area contributed by atoms with Crippen molar-refractivity contribution in [3.63, 3.8) is 0 Å². The van der Waals surface area contributed by atoms with Gasteiger partial charge < -0.3 is 19.9 Å². The Morgan fingerprint density at radius 2 is 1.92 bits per heavy atom. The summed E-state index contributed by atoms with van der Waals surface area (Å²) in [7, 11) is 1.65. The first-order valence-corrected chi connectivity index (χ1v) is 7.92. The Morgan fingerprint density at radius 1 is 1.12 bits per heavy atom. The summed E-state index contributed by atoms with van der Waals surface area (Å²) in [6, 6.07) is 14.8. The number of benzene rings is 2. The van der Waals surface area contributed by atoms with Crippen LogP contribution in [0.1, 0.15) is 27.9 Å². The molecule has 2 N–H and O–H groups in total. The number of rotatable bonds is 10. The van der Waals surface area contributed by atoms with Crippen LogP contribution in [0, 0.1) is 0 Å². The molecule has 0 bridgehead atoms. The lowest BCUT2D eigenvalue weighted by Crippen LogP contribution is -2.16. The predicted octanol–water partition coefficient (Wildman–Crippen LogP) is 3.09. The first-order chi connectivity index (χ1) is 11.7. The molecule has 5 heteroatoms. The SMILES string of the molecule is COc1ccc(COCCCNCc2cccc(C(=O)O)c2)cc1. The normalized spacial score (nSPS) is 10.5. The Labute approximate surface area is 142 Å². The molecular weight excluding hydrogens is 306 g/mol. The predicted molar refractivity (Wildman–Crippen MR) is 92.4 cm³/mol. The van der Waals surface area contributed by atoms with Crippen molar-refractivity contribution in [3.05, 3.63) is 65.2 Å². The van der Waals surface area contributed by atoms with Gasteiger partial charge in [-0.05, 0) is 48.4 Å². The summed E-state index contributed by atoms with van der Waals surface area (Å²) in [6.45, 7) is 2.73. The van der Waals surface area contributed by atoms with Crippen molar-refractivity contribution in [2.45, 2.75) is 19.6 Å². The zero-order valence-electron chi connectivity index (χ0n) is 13.8. The maximum absolute atomic E-state index is 10.9. The van der Waals surface area contributed by atoms with E-state index in [1.807, 2.05) is 30.3 Å². The fourth-order valence-corrected chi connectivity index (χ4v) is 2.26. The van der Waals surface area contributed by atoms with E-state index >= 15 is 0 Å². The molecule has 2 rings (SSSR count). The minimum atomic E-state index is -0.899. The molecule has 0 aliphatic heterocycles. The summed E-state index contributed by atoms with van der Waals surface area (Å²) in [4.78, 5) is 10.9. The summed E-state index contributed by atoms with van der Waals surface area (Å²) < 4.78 is 10.8. The first-order valence-electron chi connectivity index (χ1n) is 7.92. The van der Waals surface area contributed by atoms with Crippen LogP contribution in [0.2, 0.25) is 0 Å². The van der Waals surface area contributed by atoms with Gasteiger partial charge >= 0.3 is 5.97 Å². The van der Waals surface area contributed by atoms with Gasteiger partial charge in [0.1, 0.15) is 5.75 Å². The summed E-state index contributed by atoms with van der Waals surface area (Å²) in [5, 5.41) is 12.2. The summed E-state index contributed by atoms with van der Waals surface area (Å²) in [6.07, 6.45) is 0.898. The minimum absolute atomic E-state index is 0.317. The number of nitrogens with one attached hydrogen (secondary N) is 1. The Balaban J connectivity index is 1.58. The second-order valence-corrected chi connectivity index (χ2v) is 5.44. The van der Waals surface area contributed by atoms with Gasteiger partial charge in [0.2, 0.25) is 0 Å². The zero-order chi connectivity index (χ0) is 17.2. The summed E-state index contributed by atoms with van der Waals surface area (Å²) >= 11 is 0. The van der Waals surface area contributed by atoms with Crippen LogP contribution < -0.4 is 10.1 Å². The number of methoxy groups -OCH3 is 1. The highest BCUT2D eigenvalue weighted by Gasteiger charge is 2.02. The van der Waals surface area contributed by atoms with Gasteiger partial charge in [0.15, 0.2) is 0 Å². The van der Waals surface area contributed by atoms with Gasteiger partial charge in [-0.3, -0.25) is 0 Å². The highest BCUT2D eigenvalue weighted by Crippen LogP contribution is 2.12. The topological polar surface area (TPSA) is 67.8 Å². The molecule has 5 nitrogen and oxygen atoms in total. The van der Waals surface area contributed by atoms with E-state index in [4.69, 9.17) is 14.6 Å². The molecule has 0 saturated heterocycles. The molecule has 0 spiro atoms. The van der Waals surface area contributed by atoms with Crippen LogP contribution in [-0.4, -0.2) is 31.3 Å². The summed E-state index contributed by atoms with van der Waals surface area (Å²) in [5.74, 6) is -0.0568. The molecule has 128 valence electrons. The van der Waals surface area contributed by atoms with Gasteiger partial charge in [-0.1, -0.05) is 24.3 Å². The van der Waals surface area contributed by atoms with E-state index in [0.29, 0.717) is 25.3 Å². The zero-order valence-corrected chi connectivity index (χ0v) is 13.8. The van der Waals surface area contributed by atoms with E-state index in [1.54, 1.807) is 25.3 Å². The van der Waals surface area contributed by atoms with Crippen molar-refractivity contribution in [2.75, 3.05) is 20.3 Å². The molecule has 0 aromatic heterocycles. The molecular formula is C19H23NO4. The van der Waals surface area contributed by atoms with Gasteiger partial charge in [-0.2, -0.15) is 0 Å². The molecule has 0 aliphatic carbocycles. The second kappa shape index (κ2) is 9.70. The van der Waals surface area contributed by atoms with Crippen molar-refractivity contribution in [2.24, 2.45) is 0 Å². The highest BCUT2D eigenvalue weighted by molar-refractivity contribution is 5.87. The maximum atomic E-state index is 10.9. The number of carboxylic acid groups (broad SMARTS) is 1. The molecule has 0 atom stereocenters. The van der Waals surface area contributed by atoms with Crippen molar-refractivity contribution >= 4 is 5.97 Å². The van der Waals surface area contributed by atoms with Gasteiger partial charge in [0.25, 0.3) is 0 Å². The quantitative estimate of drug-likeness (QED) is 0.656. The third-order valence-corrected chi connectivity index (χ3v) is 3.57. The molecule has 0 fully saturated rings. The van der Waals surface area contributed by atoms with Gasteiger partial charge in [0, 0.05) is 13.2 Å². The number of ether oxygens (including phenoxy) is 2. The molecule has 2 aromatic rings. The number of carbonyl (C=O) groups is 1. The van der Waals surface area contributed by atoms with E-state index in [0.717, 1.165) is 29.8 Å². The van der Waals surface area contributed by atoms with Crippen LogP contribution in [0.15, 0.2) is 48.5 Å². The molecule has 0 amide bonds. The third-order valence-electron chi connectivity index (χ3n) is 3.57. The van der Waals surface area contributed by atoms with Crippen LogP contribution in [0.25, 0.3) is 0 Å². The second-order valence-electron chi connectivity index (χ2n) is 5.44. The lowest BCUT2D eigenvalue weighted by Gasteiger charge is -2.07. The average molecular weight is 329 g/mol. The van der Waals surface area contributed by atoms with Crippen molar-refractivity contribution < 1.29 is 19.4 Å². The first kappa shape index (κ1) is 18.0. The van der Waals surface area contributed by atoms with E-state index < -0.39 is 5.97 Å². The van der Waals surface area contributed by atoms with E-state index in [9.17, 15) is 4.79 Å². The van der Waals surface area contributed by atoms with Crippen molar-refractivity contribution in [1.82, 2.24) is 5.32 Å². The Bertz CT molecular complexity index is 640. The fourth-order valence-electron chi connectivity index (χ4n) is 2.26. The number of carboxylic acids is 1. The lowest BCUT2D eigenvalue weighted by molar-refractivity contribution is 0.0696. The molecule has 0 radical (unpaired) electrons. The standard InChI is InChI=1S/C19H23NO4/c1-23-18-8-6-15(7-9-18)14-24-11-3-10-20-13-16-4-2-5-17(12-16)19(21)22/h2,4-9,12,20H,3,10-11,13-14H2,1H3,(H,21,22). The Morgan fingerprint density at radius 3 is 2.62 bits per heavy atom. The molecule has 0 unspecified atom stereocenters. The van der Waals surface area contributed by atoms with Crippen LogP contribution in [0.5, 0.6) is 5.75 Å². The Hall–Kier alpha value is -2.37. The van der Waals surface area contributed by atoms with Gasteiger partial charge in [-0.15, -0.1) is 0 Å². The highest BCUT2D eigenvalue weighted by atomic mass is 16.5. The molecule has 0 aliphatic rings. The van der Waals surface area contributed by atoms with E-state index in [2.05, 4.69) is 5.32 Å². The molecule has 0 saturated carbocycles. The lowest BCUT2D eigenvalue weighted by atomic mass is 10.1. The third kappa shape index (κ3) is 6.02. The Kier molecular flexibility index (Phi) is 7.26. The minimum Gasteiger partial charge on any atom is -0.497 e. The van der Waals surface area contributed by atoms with Crippen LogP contribution >= 0.6 is 0 Å². The largest absolute Gasteiger partial charge is 0.497 e. The smallest absolute Gasteiger partial charge is 0.335 e. The van der Waals surface area contributed by atoms with E-state index in [1.165, 1.54) is 0 Å². The number of aromatic carboxylic acids is 1. The van der Waals surface area contributed by atoms with Crippen molar-refractivity contribution in [1.29, 1.82) is 0 Å². The molecule has 24 heavy (non-hydrogen) atoms.